The Labute approximate surface area is 277 Å². The fraction of sp³-hybridized carbons (Fsp3) is 0.231. The molecule has 6 aromatic rings. The van der Waals surface area contributed by atoms with E-state index in [1.807, 2.05) is 0 Å². The van der Waals surface area contributed by atoms with E-state index in [0.717, 1.165) is 55.9 Å². The third-order valence-corrected chi connectivity index (χ3v) is 9.36. The first-order chi connectivity index (χ1) is 22.1. The molecule has 0 aliphatic rings. The van der Waals surface area contributed by atoms with Crippen molar-refractivity contribution >= 4 is 77.8 Å². The third kappa shape index (κ3) is 6.73. The van der Waals surface area contributed by atoms with Crippen LogP contribution in [0, 0.1) is 0 Å². The molecule has 6 aromatic carbocycles. The molecule has 45 heavy (non-hydrogen) atoms. The summed E-state index contributed by atoms with van der Waals surface area (Å²) >= 11 is 11.9. The minimum atomic E-state index is 0.735. The molecule has 0 aliphatic carbocycles. The van der Waals surface area contributed by atoms with Gasteiger partial charge in [-0.1, -0.05) is 97.1 Å². The number of hydrogen-bond donors (Lipinski definition) is 2. The lowest BCUT2D eigenvalue weighted by Gasteiger charge is -2.30. The summed E-state index contributed by atoms with van der Waals surface area (Å²) in [4.78, 5) is 4.66. The van der Waals surface area contributed by atoms with Gasteiger partial charge in [0.15, 0.2) is 10.2 Å². The number of fused-ring (bicyclic) bond motifs is 4. The van der Waals surface area contributed by atoms with Gasteiger partial charge in [0.1, 0.15) is 0 Å². The average Bonchev–Trinajstić information content (AvgIpc) is 3.06. The molecule has 2 N–H and O–H groups in total. The Morgan fingerprint density at radius 2 is 0.822 bits per heavy atom. The topological polar surface area (TPSA) is 30.5 Å². The molecular formula is C39H40N4S2. The predicted octanol–water partition coefficient (Wildman–Crippen LogP) is 8.78. The van der Waals surface area contributed by atoms with E-state index in [-0.39, 0.29) is 0 Å². The van der Waals surface area contributed by atoms with E-state index in [9.17, 15) is 0 Å². The van der Waals surface area contributed by atoms with Crippen molar-refractivity contribution in [3.63, 3.8) is 0 Å². The van der Waals surface area contributed by atoms with E-state index < -0.39 is 0 Å². The Bertz CT molecular complexity index is 1730. The number of hydrogen-bond acceptors (Lipinski definition) is 2. The van der Waals surface area contributed by atoms with Crippen LogP contribution < -0.4 is 10.6 Å². The van der Waals surface area contributed by atoms with Crippen LogP contribution in [0.4, 0.5) is 0 Å². The number of rotatable bonds is 10. The molecule has 0 amide bonds. The summed E-state index contributed by atoms with van der Waals surface area (Å²) < 4.78 is 0. The summed E-state index contributed by atoms with van der Waals surface area (Å²) in [5.41, 5.74) is 2.62. The maximum atomic E-state index is 5.97. The Morgan fingerprint density at radius 1 is 0.511 bits per heavy atom. The SMILES string of the molecule is CCNC(=S)N(CCCN(Cc1c2ccccc2cc2ccccc12)C(=S)NCC)Cc1c2ccccc2cc2ccccc12. The lowest BCUT2D eigenvalue weighted by molar-refractivity contribution is 0.345. The van der Waals surface area contributed by atoms with Crippen LogP contribution in [0.1, 0.15) is 31.4 Å². The van der Waals surface area contributed by atoms with Crippen molar-refractivity contribution in [2.45, 2.75) is 33.4 Å². The lowest BCUT2D eigenvalue weighted by Crippen LogP contribution is -2.43. The first-order valence-corrected chi connectivity index (χ1v) is 16.7. The highest BCUT2D eigenvalue weighted by molar-refractivity contribution is 7.80. The average molecular weight is 629 g/mol. The molecule has 0 unspecified atom stereocenters. The van der Waals surface area contributed by atoms with Crippen LogP contribution in [-0.4, -0.2) is 46.2 Å². The van der Waals surface area contributed by atoms with Gasteiger partial charge in [0.25, 0.3) is 0 Å². The molecule has 0 heterocycles. The van der Waals surface area contributed by atoms with Crippen molar-refractivity contribution in [2.75, 3.05) is 26.2 Å². The molecule has 0 bridgehead atoms. The van der Waals surface area contributed by atoms with Crippen LogP contribution in [0.2, 0.25) is 0 Å². The van der Waals surface area contributed by atoms with Gasteiger partial charge in [-0.2, -0.15) is 0 Å². The van der Waals surface area contributed by atoms with Gasteiger partial charge in [0.05, 0.1) is 0 Å². The fourth-order valence-corrected chi connectivity index (χ4v) is 7.02. The van der Waals surface area contributed by atoms with Gasteiger partial charge in [-0.15, -0.1) is 0 Å². The summed E-state index contributed by atoms with van der Waals surface area (Å²) in [7, 11) is 0. The Morgan fingerprint density at radius 3 is 1.13 bits per heavy atom. The second-order valence-electron chi connectivity index (χ2n) is 11.5. The maximum Gasteiger partial charge on any atom is 0.169 e. The molecule has 0 saturated carbocycles. The molecule has 0 radical (unpaired) electrons. The second kappa shape index (κ2) is 14.2. The van der Waals surface area contributed by atoms with Gasteiger partial charge in [0.2, 0.25) is 0 Å². The van der Waals surface area contributed by atoms with E-state index in [2.05, 4.69) is 143 Å². The molecule has 0 saturated heterocycles. The van der Waals surface area contributed by atoms with Gasteiger partial charge in [-0.3, -0.25) is 0 Å². The van der Waals surface area contributed by atoms with Crippen molar-refractivity contribution < 1.29 is 0 Å². The van der Waals surface area contributed by atoms with Crippen LogP contribution in [-0.2, 0) is 13.1 Å². The van der Waals surface area contributed by atoms with Crippen LogP contribution in [0.15, 0.2) is 109 Å². The summed E-state index contributed by atoms with van der Waals surface area (Å²) in [5, 5.41) is 18.6. The molecule has 6 heteroatoms. The second-order valence-corrected chi connectivity index (χ2v) is 12.2. The molecule has 0 spiro atoms. The number of nitrogens with zero attached hydrogens (tertiary/aromatic N) is 2. The van der Waals surface area contributed by atoms with Crippen LogP contribution in [0.5, 0.6) is 0 Å². The minimum absolute atomic E-state index is 0.735. The van der Waals surface area contributed by atoms with Crippen molar-refractivity contribution in [2.24, 2.45) is 0 Å². The van der Waals surface area contributed by atoms with Crippen molar-refractivity contribution in [3.8, 4) is 0 Å². The molecule has 0 fully saturated rings. The largest absolute Gasteiger partial charge is 0.363 e. The van der Waals surface area contributed by atoms with E-state index >= 15 is 0 Å². The van der Waals surface area contributed by atoms with Gasteiger partial charge in [-0.05, 0) is 111 Å². The smallest absolute Gasteiger partial charge is 0.169 e. The number of benzene rings is 6. The number of nitrogens with one attached hydrogen (secondary N) is 2. The zero-order chi connectivity index (χ0) is 31.2. The van der Waals surface area contributed by atoms with Gasteiger partial charge in [-0.25, -0.2) is 0 Å². The summed E-state index contributed by atoms with van der Waals surface area (Å²) in [6, 6.07) is 39.3. The highest BCUT2D eigenvalue weighted by atomic mass is 32.1. The lowest BCUT2D eigenvalue weighted by atomic mass is 9.96. The molecule has 6 rings (SSSR count). The first kappa shape index (κ1) is 30.8. The highest BCUT2D eigenvalue weighted by Crippen LogP contribution is 2.31. The first-order valence-electron chi connectivity index (χ1n) is 15.9. The minimum Gasteiger partial charge on any atom is -0.363 e. The van der Waals surface area contributed by atoms with E-state index in [4.69, 9.17) is 24.4 Å². The normalized spacial score (nSPS) is 11.2. The Hall–Kier alpha value is -4.26. The van der Waals surface area contributed by atoms with Crippen LogP contribution >= 0.6 is 24.4 Å². The van der Waals surface area contributed by atoms with Crippen LogP contribution in [0.3, 0.4) is 0 Å². The Kier molecular flexibility index (Phi) is 9.72. The highest BCUT2D eigenvalue weighted by Gasteiger charge is 2.18. The molecule has 4 nitrogen and oxygen atoms in total. The van der Waals surface area contributed by atoms with Gasteiger partial charge < -0.3 is 20.4 Å². The molecule has 0 atom stereocenters. The zero-order valence-corrected chi connectivity index (χ0v) is 27.7. The molecular weight excluding hydrogens is 589 g/mol. The van der Waals surface area contributed by atoms with E-state index in [1.165, 1.54) is 54.2 Å². The van der Waals surface area contributed by atoms with Crippen molar-refractivity contribution in [1.82, 2.24) is 20.4 Å². The van der Waals surface area contributed by atoms with Crippen LogP contribution in [0.25, 0.3) is 43.1 Å². The summed E-state index contributed by atoms with van der Waals surface area (Å²) in [6.45, 7) is 8.87. The fourth-order valence-electron chi connectivity index (χ4n) is 6.42. The molecule has 0 aromatic heterocycles. The maximum absolute atomic E-state index is 5.97. The van der Waals surface area contributed by atoms with Gasteiger partial charge >= 0.3 is 0 Å². The monoisotopic (exact) mass is 628 g/mol. The van der Waals surface area contributed by atoms with E-state index in [1.54, 1.807) is 0 Å². The molecule has 228 valence electrons. The zero-order valence-electron chi connectivity index (χ0n) is 26.1. The van der Waals surface area contributed by atoms with Crippen molar-refractivity contribution in [1.29, 1.82) is 0 Å². The summed E-state index contributed by atoms with van der Waals surface area (Å²) in [6.07, 6.45) is 0.905. The standard InChI is InChI=1S/C39H40N4S2/c1-3-40-38(44)42(26-36-32-18-9-5-14-28(32)24-29-15-6-10-19-33(29)36)22-13-23-43(39(45)41-4-2)27-37-34-20-11-7-16-30(34)25-31-17-8-12-21-35(31)37/h5-12,14-21,24-25H,3-4,13,22-23,26-27H2,1-2H3,(H,40,44)(H,41,45). The van der Waals surface area contributed by atoms with E-state index in [0.29, 0.717) is 0 Å². The van der Waals surface area contributed by atoms with Gasteiger partial charge in [0, 0.05) is 39.3 Å². The summed E-state index contributed by atoms with van der Waals surface area (Å²) in [5.74, 6) is 0. The quantitative estimate of drug-likeness (QED) is 0.117. The Balaban J connectivity index is 1.29. The number of thiocarbonyl (C=S) groups is 2. The third-order valence-electron chi connectivity index (χ3n) is 8.55. The van der Waals surface area contributed by atoms with Crippen molar-refractivity contribution in [3.05, 3.63) is 120 Å². The predicted molar refractivity (Wildman–Crippen MR) is 201 cm³/mol. The molecule has 0 aliphatic heterocycles.